The molecule has 3 aromatic rings. The zero-order valence-corrected chi connectivity index (χ0v) is 21.8. The molecule has 8 heteroatoms. The number of rotatable bonds is 9. The first kappa shape index (κ1) is 26.9. The van der Waals surface area contributed by atoms with Crippen LogP contribution in [0.3, 0.4) is 0 Å². The summed E-state index contributed by atoms with van der Waals surface area (Å²) in [6, 6.07) is 23.2. The van der Waals surface area contributed by atoms with E-state index < -0.39 is 6.16 Å². The van der Waals surface area contributed by atoms with E-state index in [-0.39, 0.29) is 11.7 Å². The number of methoxy groups -OCH3 is 2. The van der Waals surface area contributed by atoms with Crippen LogP contribution in [0.5, 0.6) is 11.5 Å². The van der Waals surface area contributed by atoms with Crippen molar-refractivity contribution in [2.45, 2.75) is 25.8 Å². The molecule has 1 aliphatic heterocycles. The minimum Gasteiger partial charge on any atom is -0.493 e. The summed E-state index contributed by atoms with van der Waals surface area (Å²) < 4.78 is 14.8. The molecular weight excluding hydrogens is 482 g/mol. The first-order chi connectivity index (χ1) is 18.5. The third-order valence-corrected chi connectivity index (χ3v) is 6.62. The van der Waals surface area contributed by atoms with Gasteiger partial charge in [-0.25, -0.2) is 10.2 Å². The molecular formula is C30H33N3O5. The maximum Gasteiger partial charge on any atom is 0.513 e. The number of carbonyl (C=O) groups excluding carboxylic acids is 2. The number of ether oxygens (including phenoxy) is 3. The SMILES string of the molecule is COC(=O)Oc1ccc(/C=N/NC(=O)c2ccc(CN3CCC(Cc4ccccc4)CC3)cc2)cc1OC. The molecule has 0 spiro atoms. The second kappa shape index (κ2) is 13.4. The smallest absolute Gasteiger partial charge is 0.493 e. The summed E-state index contributed by atoms with van der Waals surface area (Å²) in [6.07, 6.45) is 4.22. The van der Waals surface area contributed by atoms with Gasteiger partial charge in [0.25, 0.3) is 5.91 Å². The van der Waals surface area contributed by atoms with E-state index in [1.807, 2.05) is 24.3 Å². The highest BCUT2D eigenvalue weighted by atomic mass is 16.7. The fraction of sp³-hybridized carbons (Fsp3) is 0.300. The molecule has 1 heterocycles. The summed E-state index contributed by atoms with van der Waals surface area (Å²) in [6.45, 7) is 3.07. The summed E-state index contributed by atoms with van der Waals surface area (Å²) in [4.78, 5) is 26.3. The Morgan fingerprint density at radius 2 is 1.68 bits per heavy atom. The Morgan fingerprint density at radius 3 is 2.37 bits per heavy atom. The van der Waals surface area contributed by atoms with Gasteiger partial charge in [0.05, 0.1) is 20.4 Å². The van der Waals surface area contributed by atoms with Gasteiger partial charge in [0.2, 0.25) is 0 Å². The molecule has 0 radical (unpaired) electrons. The molecule has 38 heavy (non-hydrogen) atoms. The van der Waals surface area contributed by atoms with Gasteiger partial charge in [0, 0.05) is 12.1 Å². The van der Waals surface area contributed by atoms with Gasteiger partial charge in [-0.1, -0.05) is 42.5 Å². The van der Waals surface area contributed by atoms with Crippen LogP contribution in [0.15, 0.2) is 77.9 Å². The zero-order valence-electron chi connectivity index (χ0n) is 21.8. The molecule has 1 aliphatic rings. The quantitative estimate of drug-likeness (QED) is 0.185. The highest BCUT2D eigenvalue weighted by molar-refractivity contribution is 5.95. The summed E-state index contributed by atoms with van der Waals surface area (Å²) in [7, 11) is 2.68. The molecule has 0 unspecified atom stereocenters. The predicted molar refractivity (Wildman–Crippen MR) is 146 cm³/mol. The largest absolute Gasteiger partial charge is 0.513 e. The second-order valence-electron chi connectivity index (χ2n) is 9.27. The second-order valence-corrected chi connectivity index (χ2v) is 9.27. The van der Waals surface area contributed by atoms with Crippen molar-refractivity contribution in [3.8, 4) is 11.5 Å². The standard InChI is InChI=1S/C30H33N3O5/c1-36-28-19-25(10-13-27(28)38-30(35)37-2)20-31-32-29(34)26-11-8-24(9-12-26)21-33-16-14-23(15-17-33)18-22-6-4-3-5-7-22/h3-13,19-20,23H,14-18,21H2,1-2H3,(H,32,34)/b31-20+. The highest BCUT2D eigenvalue weighted by Crippen LogP contribution is 2.28. The molecule has 1 fully saturated rings. The molecule has 0 atom stereocenters. The van der Waals surface area contributed by atoms with Crippen LogP contribution < -0.4 is 14.9 Å². The summed E-state index contributed by atoms with van der Waals surface area (Å²) >= 11 is 0. The molecule has 3 aromatic carbocycles. The topological polar surface area (TPSA) is 89.5 Å². The summed E-state index contributed by atoms with van der Waals surface area (Å²) in [5.41, 5.74) is 6.34. The Hall–Kier alpha value is -4.17. The Labute approximate surface area is 223 Å². The normalized spacial score (nSPS) is 14.3. The van der Waals surface area contributed by atoms with Crippen LogP contribution in [0.2, 0.25) is 0 Å². The third kappa shape index (κ3) is 7.66. The van der Waals surface area contributed by atoms with Crippen molar-refractivity contribution in [3.63, 3.8) is 0 Å². The molecule has 0 bridgehead atoms. The number of carbonyl (C=O) groups is 2. The first-order valence-corrected chi connectivity index (χ1v) is 12.7. The monoisotopic (exact) mass is 515 g/mol. The molecule has 0 saturated carbocycles. The average Bonchev–Trinajstić information content (AvgIpc) is 2.95. The van der Waals surface area contributed by atoms with Crippen LogP contribution in [0.25, 0.3) is 0 Å². The Kier molecular flexibility index (Phi) is 9.48. The molecule has 4 rings (SSSR count). The summed E-state index contributed by atoms with van der Waals surface area (Å²) in [5.74, 6) is 0.999. The van der Waals surface area contributed by atoms with Gasteiger partial charge in [-0.3, -0.25) is 9.69 Å². The van der Waals surface area contributed by atoms with E-state index in [1.54, 1.807) is 18.2 Å². The van der Waals surface area contributed by atoms with E-state index in [9.17, 15) is 9.59 Å². The number of nitrogens with zero attached hydrogens (tertiary/aromatic N) is 2. The van der Waals surface area contributed by atoms with Gasteiger partial charge < -0.3 is 14.2 Å². The van der Waals surface area contributed by atoms with Gasteiger partial charge in [-0.15, -0.1) is 0 Å². The van der Waals surface area contributed by atoms with Crippen molar-refractivity contribution in [2.75, 3.05) is 27.3 Å². The maximum atomic E-state index is 12.5. The van der Waals surface area contributed by atoms with Crippen LogP contribution in [-0.2, 0) is 17.7 Å². The van der Waals surface area contributed by atoms with E-state index in [1.165, 1.54) is 44.4 Å². The zero-order chi connectivity index (χ0) is 26.7. The predicted octanol–water partition coefficient (Wildman–Crippen LogP) is 5.06. The van der Waals surface area contributed by atoms with Crippen LogP contribution in [0.1, 0.15) is 39.9 Å². The Bertz CT molecular complexity index is 1240. The van der Waals surface area contributed by atoms with Crippen molar-refractivity contribution in [1.82, 2.24) is 10.3 Å². The van der Waals surface area contributed by atoms with Crippen molar-refractivity contribution in [3.05, 3.63) is 95.1 Å². The number of hydrazone groups is 1. The van der Waals surface area contributed by atoms with Crippen molar-refractivity contribution >= 4 is 18.3 Å². The Morgan fingerprint density at radius 1 is 0.947 bits per heavy atom. The van der Waals surface area contributed by atoms with Crippen molar-refractivity contribution in [2.24, 2.45) is 11.0 Å². The lowest BCUT2D eigenvalue weighted by atomic mass is 9.90. The number of hydrogen-bond donors (Lipinski definition) is 1. The third-order valence-electron chi connectivity index (χ3n) is 6.62. The van der Waals surface area contributed by atoms with Gasteiger partial charge in [-0.05, 0) is 85.3 Å². The maximum absolute atomic E-state index is 12.5. The first-order valence-electron chi connectivity index (χ1n) is 12.7. The fourth-order valence-corrected chi connectivity index (χ4v) is 4.53. The number of likely N-dealkylation sites (tertiary alicyclic amines) is 1. The van der Waals surface area contributed by atoms with E-state index in [4.69, 9.17) is 9.47 Å². The number of hydrogen-bond acceptors (Lipinski definition) is 7. The fourth-order valence-electron chi connectivity index (χ4n) is 4.53. The molecule has 1 saturated heterocycles. The lowest BCUT2D eigenvalue weighted by molar-refractivity contribution is 0.0954. The number of nitrogens with one attached hydrogen (secondary N) is 1. The minimum atomic E-state index is -0.841. The van der Waals surface area contributed by atoms with Gasteiger partial charge in [0.1, 0.15) is 0 Å². The minimum absolute atomic E-state index is 0.220. The van der Waals surface area contributed by atoms with Crippen LogP contribution in [-0.4, -0.2) is 50.5 Å². The molecule has 1 N–H and O–H groups in total. The average molecular weight is 516 g/mol. The number of amides is 1. The van der Waals surface area contributed by atoms with Crippen LogP contribution in [0.4, 0.5) is 4.79 Å². The van der Waals surface area contributed by atoms with E-state index >= 15 is 0 Å². The lowest BCUT2D eigenvalue weighted by Gasteiger charge is -2.32. The lowest BCUT2D eigenvalue weighted by Crippen LogP contribution is -2.33. The van der Waals surface area contributed by atoms with Crippen molar-refractivity contribution in [1.29, 1.82) is 0 Å². The van der Waals surface area contributed by atoms with Crippen molar-refractivity contribution < 1.29 is 23.8 Å². The van der Waals surface area contributed by atoms with E-state index in [0.29, 0.717) is 16.9 Å². The van der Waals surface area contributed by atoms with Gasteiger partial charge in [-0.2, -0.15) is 5.10 Å². The van der Waals surface area contributed by atoms with Crippen LogP contribution in [0, 0.1) is 5.92 Å². The molecule has 1 amide bonds. The van der Waals surface area contributed by atoms with Gasteiger partial charge in [0.15, 0.2) is 11.5 Å². The Balaban J connectivity index is 1.24. The van der Waals surface area contributed by atoms with E-state index in [2.05, 4.69) is 50.5 Å². The molecule has 8 nitrogen and oxygen atoms in total. The number of benzene rings is 3. The molecule has 0 aromatic heterocycles. The van der Waals surface area contributed by atoms with Crippen LogP contribution >= 0.6 is 0 Å². The van der Waals surface area contributed by atoms with E-state index in [0.717, 1.165) is 32.0 Å². The van der Waals surface area contributed by atoms with Gasteiger partial charge >= 0.3 is 6.16 Å². The summed E-state index contributed by atoms with van der Waals surface area (Å²) in [5, 5.41) is 4.03. The highest BCUT2D eigenvalue weighted by Gasteiger charge is 2.19. The molecule has 0 aliphatic carbocycles. The number of piperidine rings is 1. The molecule has 198 valence electrons.